The number of benzene rings is 1. The van der Waals surface area contributed by atoms with Crippen LogP contribution >= 0.6 is 23.1 Å². The van der Waals surface area contributed by atoms with Crippen molar-refractivity contribution in [3.63, 3.8) is 0 Å². The molecule has 2 aliphatic heterocycles. The lowest BCUT2D eigenvalue weighted by atomic mass is 10.0. The lowest BCUT2D eigenvalue weighted by Gasteiger charge is -2.49. The first-order valence-corrected chi connectivity index (χ1v) is 11.6. The number of carbonyl (C=O) groups excluding carboxylic acids is 2. The van der Waals surface area contributed by atoms with Gasteiger partial charge in [-0.1, -0.05) is 46.8 Å². The van der Waals surface area contributed by atoms with Crippen molar-refractivity contribution < 1.29 is 24.3 Å². The maximum atomic E-state index is 12.9. The number of nitrogens with one attached hydrogen (secondary N) is 1. The second kappa shape index (κ2) is 9.19. The van der Waals surface area contributed by atoms with E-state index in [1.807, 2.05) is 14.1 Å². The summed E-state index contributed by atoms with van der Waals surface area (Å²) in [4.78, 5) is 45.7. The van der Waals surface area contributed by atoms with Gasteiger partial charge in [-0.25, -0.2) is 4.79 Å². The quantitative estimate of drug-likeness (QED) is 0.330. The maximum Gasteiger partial charge on any atom is 0.353 e. The monoisotopic (exact) mass is 488 g/mol. The van der Waals surface area contributed by atoms with E-state index in [9.17, 15) is 19.5 Å². The molecule has 1 unspecified atom stereocenters. The summed E-state index contributed by atoms with van der Waals surface area (Å²) >= 11 is 2.60. The van der Waals surface area contributed by atoms with Gasteiger partial charge < -0.3 is 20.2 Å². The lowest BCUT2D eigenvalue weighted by Crippen LogP contribution is -2.71. The Labute approximate surface area is 197 Å². The van der Waals surface area contributed by atoms with Gasteiger partial charge in [-0.15, -0.1) is 22.0 Å². The van der Waals surface area contributed by atoms with E-state index < -0.39 is 29.2 Å². The fourth-order valence-electron chi connectivity index (χ4n) is 3.42. The molecule has 1 aromatic heterocycles. The third kappa shape index (κ3) is 4.16. The number of hydrogen-bond donors (Lipinski definition) is 2. The molecule has 0 saturated carbocycles. The van der Waals surface area contributed by atoms with Gasteiger partial charge in [0, 0.05) is 31.0 Å². The number of carbonyl (C=O) groups is 3. The van der Waals surface area contributed by atoms with Crippen molar-refractivity contribution in [1.29, 1.82) is 0 Å². The number of oxime groups is 1. The Morgan fingerprint density at radius 2 is 2.00 bits per heavy atom. The second-order valence-corrected chi connectivity index (χ2v) is 9.33. The summed E-state index contributed by atoms with van der Waals surface area (Å²) in [7, 11) is 4.95. The van der Waals surface area contributed by atoms with Crippen LogP contribution in [-0.2, 0) is 19.2 Å². The van der Waals surface area contributed by atoms with Gasteiger partial charge in [0.15, 0.2) is 5.71 Å². The zero-order valence-corrected chi connectivity index (χ0v) is 19.5. The zero-order chi connectivity index (χ0) is 23.7. The highest BCUT2D eigenvalue weighted by molar-refractivity contribution is 8.00. The number of amides is 2. The highest BCUT2D eigenvalue weighted by atomic mass is 32.2. The van der Waals surface area contributed by atoms with Gasteiger partial charge in [0.2, 0.25) is 5.13 Å². The van der Waals surface area contributed by atoms with Crippen LogP contribution in [0.1, 0.15) is 10.6 Å². The number of carboxylic acid groups (broad SMARTS) is 1. The molecule has 0 spiro atoms. The summed E-state index contributed by atoms with van der Waals surface area (Å²) in [6, 6.07) is 7.81. The van der Waals surface area contributed by atoms with E-state index in [4.69, 9.17) is 4.84 Å². The number of rotatable bonds is 7. The van der Waals surface area contributed by atoms with Crippen LogP contribution in [0.3, 0.4) is 0 Å². The zero-order valence-electron chi connectivity index (χ0n) is 17.9. The molecule has 1 aromatic carbocycles. The third-order valence-corrected chi connectivity index (χ3v) is 7.39. The van der Waals surface area contributed by atoms with Crippen LogP contribution in [0.15, 0.2) is 41.2 Å². The predicted octanol–water partition coefficient (Wildman–Crippen LogP) is 0.850. The minimum absolute atomic E-state index is 0.0184. The Hall–Kier alpha value is -3.45. The molecule has 33 heavy (non-hydrogen) atoms. The fraction of sp³-hybridized carbons (Fsp3) is 0.300. The summed E-state index contributed by atoms with van der Waals surface area (Å²) in [6.07, 6.45) is 0. The van der Waals surface area contributed by atoms with Gasteiger partial charge in [0.05, 0.1) is 0 Å². The van der Waals surface area contributed by atoms with Crippen LogP contribution in [0, 0.1) is 0 Å². The molecule has 0 radical (unpaired) electrons. The molecule has 2 aromatic rings. The van der Waals surface area contributed by atoms with Crippen LogP contribution in [0.5, 0.6) is 0 Å². The van der Waals surface area contributed by atoms with Crippen molar-refractivity contribution in [2.24, 2.45) is 5.16 Å². The van der Waals surface area contributed by atoms with Gasteiger partial charge in [0.25, 0.3) is 11.8 Å². The smallest absolute Gasteiger partial charge is 0.353 e. The predicted molar refractivity (Wildman–Crippen MR) is 124 cm³/mol. The number of anilines is 1. The molecule has 11 nitrogen and oxygen atoms in total. The van der Waals surface area contributed by atoms with E-state index in [2.05, 4.69) is 20.7 Å². The summed E-state index contributed by atoms with van der Waals surface area (Å²) < 4.78 is 0. The first-order chi connectivity index (χ1) is 15.8. The topological polar surface area (TPSA) is 137 Å². The highest BCUT2D eigenvalue weighted by Crippen LogP contribution is 2.44. The van der Waals surface area contributed by atoms with Crippen LogP contribution in [0.4, 0.5) is 5.13 Å². The molecule has 13 heteroatoms. The number of β-lactam (4-membered cyclic amide) rings is 1. The van der Waals surface area contributed by atoms with Crippen LogP contribution in [0.2, 0.25) is 0 Å². The number of aromatic nitrogens is 2. The van der Waals surface area contributed by atoms with Crippen molar-refractivity contribution in [1.82, 2.24) is 20.4 Å². The first kappa shape index (κ1) is 22.7. The fourth-order valence-corrected chi connectivity index (χ4v) is 5.67. The molecule has 1 saturated heterocycles. The molecule has 1 fully saturated rings. The third-order valence-electron chi connectivity index (χ3n) is 4.96. The lowest BCUT2D eigenvalue weighted by molar-refractivity contribution is -0.149. The summed E-state index contributed by atoms with van der Waals surface area (Å²) in [5, 5.41) is 25.0. The van der Waals surface area contributed by atoms with Gasteiger partial charge in [-0.3, -0.25) is 14.5 Å². The van der Waals surface area contributed by atoms with Gasteiger partial charge >= 0.3 is 5.97 Å². The SMILES string of the molecule is CON=C(C(=O)NC1C(=O)N2C(C(=O)O)=C(c3nnc(N(C)C)s3)CS[C@@H]12)c1ccccc1. The number of fused-ring (bicyclic) bond motifs is 1. The average molecular weight is 489 g/mol. The van der Waals surface area contributed by atoms with E-state index in [1.165, 1.54) is 35.1 Å². The number of carboxylic acids is 1. The van der Waals surface area contributed by atoms with E-state index in [0.717, 1.165) is 0 Å². The molecule has 0 bridgehead atoms. The Kier molecular flexibility index (Phi) is 6.33. The number of hydrogen-bond acceptors (Lipinski definition) is 10. The normalized spacial score (nSPS) is 20.2. The minimum Gasteiger partial charge on any atom is -0.477 e. The van der Waals surface area contributed by atoms with Crippen LogP contribution in [0.25, 0.3) is 5.57 Å². The van der Waals surface area contributed by atoms with E-state index in [-0.39, 0.29) is 11.4 Å². The summed E-state index contributed by atoms with van der Waals surface area (Å²) in [5.41, 5.74) is 0.839. The first-order valence-electron chi connectivity index (χ1n) is 9.73. The van der Waals surface area contributed by atoms with E-state index >= 15 is 0 Å². The number of nitrogens with zero attached hydrogens (tertiary/aromatic N) is 5. The van der Waals surface area contributed by atoms with E-state index in [1.54, 1.807) is 35.2 Å². The van der Waals surface area contributed by atoms with Crippen LogP contribution < -0.4 is 10.2 Å². The standard InChI is InChI=1S/C20H20N6O5S2/c1-25(2)20-23-22-16(33-20)11-9-32-18-13(17(28)26(18)14(11)19(29)30)21-15(27)12(24-31-3)10-7-5-4-6-8-10/h4-8,13,18H,9H2,1-3H3,(H,21,27)(H,29,30)/t13?,18-/m0/s1. The van der Waals surface area contributed by atoms with Crippen molar-refractivity contribution in [3.05, 3.63) is 46.6 Å². The molecular weight excluding hydrogens is 468 g/mol. The van der Waals surface area contributed by atoms with Gasteiger partial charge in [-0.2, -0.15) is 0 Å². The highest BCUT2D eigenvalue weighted by Gasteiger charge is 2.55. The molecule has 2 amide bonds. The molecule has 2 N–H and O–H groups in total. The molecule has 172 valence electrons. The number of thioether (sulfide) groups is 1. The van der Waals surface area contributed by atoms with Gasteiger partial charge in [-0.05, 0) is 0 Å². The summed E-state index contributed by atoms with van der Waals surface area (Å²) in [5.74, 6) is -2.03. The van der Waals surface area contributed by atoms with Crippen molar-refractivity contribution >= 4 is 57.3 Å². The van der Waals surface area contributed by atoms with Crippen molar-refractivity contribution in [2.45, 2.75) is 11.4 Å². The minimum atomic E-state index is -1.24. The Morgan fingerprint density at radius 1 is 1.27 bits per heavy atom. The Balaban J connectivity index is 1.57. The molecule has 2 aliphatic rings. The molecular formula is C20H20N6O5S2. The second-order valence-electron chi connectivity index (χ2n) is 7.27. The van der Waals surface area contributed by atoms with Crippen LogP contribution in [-0.4, -0.2) is 82.1 Å². The van der Waals surface area contributed by atoms with Crippen molar-refractivity contribution in [3.8, 4) is 0 Å². The van der Waals surface area contributed by atoms with Crippen molar-refractivity contribution in [2.75, 3.05) is 31.9 Å². The molecule has 0 aliphatic carbocycles. The van der Waals surface area contributed by atoms with Gasteiger partial charge in [0.1, 0.15) is 29.2 Å². The molecule has 4 rings (SSSR count). The van der Waals surface area contributed by atoms with E-state index in [0.29, 0.717) is 27.0 Å². The Bertz CT molecular complexity index is 1160. The molecule has 3 heterocycles. The largest absolute Gasteiger partial charge is 0.477 e. The Morgan fingerprint density at radius 3 is 2.61 bits per heavy atom. The average Bonchev–Trinajstić information content (AvgIpc) is 3.30. The summed E-state index contributed by atoms with van der Waals surface area (Å²) in [6.45, 7) is 0. The number of aliphatic carboxylic acids is 1. The maximum absolute atomic E-state index is 12.9. The molecule has 2 atom stereocenters.